The molecule has 1 atom stereocenters. The van der Waals surface area contributed by atoms with E-state index < -0.39 is 15.6 Å². The third-order valence-corrected chi connectivity index (χ3v) is 5.64. The van der Waals surface area contributed by atoms with E-state index in [0.717, 1.165) is 5.75 Å². The minimum atomic E-state index is -1.78. The molecule has 0 saturated heterocycles. The average Bonchev–Trinajstić information content (AvgIpc) is 1.87. The molecule has 0 aliphatic carbocycles. The molecule has 0 aromatic heterocycles. The summed E-state index contributed by atoms with van der Waals surface area (Å²) in [6, 6.07) is 0. The van der Waals surface area contributed by atoms with Gasteiger partial charge in [0, 0.05) is 21.0 Å². The monoisotopic (exact) mass is 198 g/mol. The summed E-state index contributed by atoms with van der Waals surface area (Å²) in [5.41, 5.74) is 4.85. The molecule has 68 valence electrons. The van der Waals surface area contributed by atoms with Crippen molar-refractivity contribution in [1.29, 1.82) is 0 Å². The second kappa shape index (κ2) is 4.74. The second-order valence-electron chi connectivity index (χ2n) is 1.76. The molecule has 0 spiro atoms. The molecule has 0 heterocycles. The molecule has 0 aromatic carbocycles. The third-order valence-electron chi connectivity index (χ3n) is 0.943. The highest BCUT2D eigenvalue weighted by Crippen LogP contribution is 2.53. The molecule has 0 fully saturated rings. The van der Waals surface area contributed by atoms with Crippen LogP contribution in [0.15, 0.2) is 0 Å². The van der Waals surface area contributed by atoms with Crippen LogP contribution in [0.3, 0.4) is 0 Å². The Bertz CT molecular complexity index is 144. The Hall–Kier alpha value is -0.0700. The smallest absolute Gasteiger partial charge is 0.376 e. The average molecular weight is 198 g/mol. The van der Waals surface area contributed by atoms with Crippen LogP contribution in [0.5, 0.6) is 0 Å². The van der Waals surface area contributed by atoms with E-state index in [1.54, 1.807) is 0 Å². The molecular weight excluding hydrogens is 184 g/mol. The highest BCUT2D eigenvalue weighted by molar-refractivity contribution is 8.91. The van der Waals surface area contributed by atoms with Crippen molar-refractivity contribution in [3.05, 3.63) is 0 Å². The van der Waals surface area contributed by atoms with E-state index in [4.69, 9.17) is 15.1 Å². The molecule has 4 N–H and O–H groups in total. The van der Waals surface area contributed by atoms with Crippen molar-refractivity contribution < 1.29 is 8.98 Å². The lowest BCUT2D eigenvalue weighted by Gasteiger charge is -2.30. The van der Waals surface area contributed by atoms with Gasteiger partial charge in [-0.15, -0.1) is 0 Å². The van der Waals surface area contributed by atoms with Crippen LogP contribution in [0, 0.1) is 0 Å². The summed E-state index contributed by atoms with van der Waals surface area (Å²) in [6.07, 6.45) is -0.787. The van der Waals surface area contributed by atoms with Gasteiger partial charge < -0.3 is 9.92 Å². The van der Waals surface area contributed by atoms with Crippen LogP contribution in [0.1, 0.15) is 13.8 Å². The molecule has 1 unspecified atom stereocenters. The number of rotatable bonds is 4. The van der Waals surface area contributed by atoms with Crippen LogP contribution in [-0.4, -0.2) is 17.6 Å². The molecule has 0 aromatic rings. The largest absolute Gasteiger partial charge is 0.416 e. The van der Waals surface area contributed by atoms with Gasteiger partial charge in [0.2, 0.25) is 0 Å². The topological polar surface area (TPSA) is 78.3 Å². The van der Waals surface area contributed by atoms with E-state index in [9.17, 15) is 4.79 Å². The fourth-order valence-corrected chi connectivity index (χ4v) is 3.56. The fourth-order valence-electron chi connectivity index (χ4n) is 0.505. The minimum absolute atomic E-state index is 0.633. The Balaban J connectivity index is 3.98. The van der Waals surface area contributed by atoms with E-state index in [1.807, 2.05) is 13.8 Å². The maximum Gasteiger partial charge on any atom is 0.416 e. The lowest BCUT2D eigenvalue weighted by atomic mass is 11.0. The lowest BCUT2D eigenvalue weighted by molar-refractivity contribution is 0.217. The van der Waals surface area contributed by atoms with Gasteiger partial charge in [-0.1, -0.05) is 24.6 Å². The second-order valence-corrected chi connectivity index (χ2v) is 7.04. The summed E-state index contributed by atoms with van der Waals surface area (Å²) >= 11 is 0. The summed E-state index contributed by atoms with van der Waals surface area (Å²) in [6.45, 7) is 3.83. The number of carbonyl (C=O) groups excluding carboxylic acids is 1. The molecule has 0 saturated carbocycles. The van der Waals surface area contributed by atoms with Gasteiger partial charge in [0.15, 0.2) is 0 Å². The molecule has 0 rings (SSSR count). The molecule has 0 radical (unpaired) electrons. The molecule has 4 nitrogen and oxygen atoms in total. The number of carbonyl (C=O) groups is 1. The zero-order valence-corrected chi connectivity index (χ0v) is 8.33. The van der Waals surface area contributed by atoms with Crippen LogP contribution in [0.25, 0.3) is 0 Å². The van der Waals surface area contributed by atoms with Gasteiger partial charge in [-0.25, -0.2) is 4.79 Å². The van der Waals surface area contributed by atoms with Crippen LogP contribution in [0.2, 0.25) is 0 Å². The summed E-state index contributed by atoms with van der Waals surface area (Å²) < 4.78 is 4.79. The molecule has 11 heavy (non-hydrogen) atoms. The molecule has 1 amide bonds. The van der Waals surface area contributed by atoms with E-state index in [1.165, 1.54) is 10.8 Å². The Morgan fingerprint density at radius 1 is 1.64 bits per heavy atom. The van der Waals surface area contributed by atoms with Crippen molar-refractivity contribution >= 4 is 26.4 Å². The maximum absolute atomic E-state index is 10.4. The standard InChI is InChI=1S/C5H14N2O2S2/c1-3-10-11(7,4-2)9-5(6)8/h3-4,7H2,1-2H3,(H2,6,8). The Morgan fingerprint density at radius 2 is 2.18 bits per heavy atom. The van der Waals surface area contributed by atoms with E-state index >= 15 is 0 Å². The number of amides is 1. The van der Waals surface area contributed by atoms with Gasteiger partial charge in [0.25, 0.3) is 0 Å². The normalized spacial score (nSPS) is 18.5. The molecular formula is C5H14N2O2S2. The zero-order valence-electron chi connectivity index (χ0n) is 6.70. The highest BCUT2D eigenvalue weighted by Gasteiger charge is 2.19. The van der Waals surface area contributed by atoms with Gasteiger partial charge in [0.05, 0.1) is 0 Å². The van der Waals surface area contributed by atoms with Crippen molar-refractivity contribution in [2.45, 2.75) is 13.8 Å². The van der Waals surface area contributed by atoms with Gasteiger partial charge in [-0.3, -0.25) is 5.14 Å². The minimum Gasteiger partial charge on any atom is -0.376 e. The summed E-state index contributed by atoms with van der Waals surface area (Å²) in [7, 11) is -0.339. The van der Waals surface area contributed by atoms with Crippen LogP contribution in [-0.2, 0) is 4.18 Å². The number of hydrogen-bond donors (Lipinski definition) is 2. The summed E-state index contributed by atoms with van der Waals surface area (Å²) in [4.78, 5) is 10.4. The van der Waals surface area contributed by atoms with Crippen molar-refractivity contribution in [3.8, 4) is 0 Å². The summed E-state index contributed by atoms with van der Waals surface area (Å²) in [5.74, 6) is 1.46. The van der Waals surface area contributed by atoms with Crippen molar-refractivity contribution in [3.63, 3.8) is 0 Å². The van der Waals surface area contributed by atoms with E-state index in [0.29, 0.717) is 5.75 Å². The number of nitrogens with two attached hydrogens (primary N) is 2. The van der Waals surface area contributed by atoms with Crippen LogP contribution < -0.4 is 10.9 Å². The molecule has 0 bridgehead atoms. The Morgan fingerprint density at radius 3 is 2.45 bits per heavy atom. The Kier molecular flexibility index (Phi) is 4.71. The van der Waals surface area contributed by atoms with Crippen molar-refractivity contribution in [2.24, 2.45) is 10.9 Å². The number of hydrogen-bond acceptors (Lipinski definition) is 4. The first-order valence-corrected chi connectivity index (χ1v) is 6.55. The predicted octanol–water partition coefficient (Wildman–Crippen LogP) is 1.36. The summed E-state index contributed by atoms with van der Waals surface area (Å²) in [5, 5.41) is 5.73. The van der Waals surface area contributed by atoms with Gasteiger partial charge in [0.1, 0.15) is 0 Å². The van der Waals surface area contributed by atoms with E-state index in [2.05, 4.69) is 0 Å². The van der Waals surface area contributed by atoms with Gasteiger partial charge in [-0.2, -0.15) is 0 Å². The van der Waals surface area contributed by atoms with Crippen LogP contribution >= 0.6 is 20.3 Å². The Labute approximate surface area is 72.1 Å². The molecule has 0 aliphatic heterocycles. The van der Waals surface area contributed by atoms with Gasteiger partial charge >= 0.3 is 6.09 Å². The van der Waals surface area contributed by atoms with E-state index in [-0.39, 0.29) is 0 Å². The van der Waals surface area contributed by atoms with Crippen molar-refractivity contribution in [1.82, 2.24) is 0 Å². The zero-order chi connectivity index (χ0) is 8.91. The lowest BCUT2D eigenvalue weighted by Crippen LogP contribution is -2.21. The quantitative estimate of drug-likeness (QED) is 0.669. The molecule has 0 aliphatic rings. The fraction of sp³-hybridized carbons (Fsp3) is 0.800. The third kappa shape index (κ3) is 4.39. The SMILES string of the molecule is CCSS(N)(CC)OC(N)=O. The van der Waals surface area contributed by atoms with Crippen molar-refractivity contribution in [2.75, 3.05) is 11.5 Å². The molecule has 6 heteroatoms. The van der Waals surface area contributed by atoms with Gasteiger partial charge in [-0.05, 0) is 0 Å². The predicted molar refractivity (Wildman–Crippen MR) is 51.1 cm³/mol. The first-order chi connectivity index (χ1) is 5.04. The maximum atomic E-state index is 10.4. The highest BCUT2D eigenvalue weighted by atomic mass is 33.2. The van der Waals surface area contributed by atoms with Crippen LogP contribution in [0.4, 0.5) is 4.79 Å². The number of primary amides is 1. The first-order valence-electron chi connectivity index (χ1n) is 3.26. The first kappa shape index (κ1) is 10.9.